The number of carboxylic acids is 1. The molecule has 1 heterocycles. The van der Waals surface area contributed by atoms with Crippen LogP contribution >= 0.6 is 0 Å². The van der Waals surface area contributed by atoms with Gasteiger partial charge in [-0.2, -0.15) is 0 Å². The summed E-state index contributed by atoms with van der Waals surface area (Å²) in [6.45, 7) is -0.642. The number of nitrogens with two attached hydrogens (primary N) is 2. The Morgan fingerprint density at radius 3 is 1.59 bits per heavy atom. The molecular weight excluding hydrogens is 1040 g/mol. The highest BCUT2D eigenvalue weighted by atomic mass is 16.4. The Labute approximate surface area is 460 Å². The molecule has 80 heavy (non-hydrogen) atoms. The van der Waals surface area contributed by atoms with Gasteiger partial charge in [-0.15, -0.1) is 0 Å². The van der Waals surface area contributed by atoms with Gasteiger partial charge in [0, 0.05) is 32.2 Å². The Morgan fingerprint density at radius 2 is 1.06 bits per heavy atom. The maximum Gasteiger partial charge on any atom is 0.328 e. The maximum absolute atomic E-state index is 14.8. The molecule has 0 radical (unpaired) electrons. The van der Waals surface area contributed by atoms with Crippen LogP contribution in [-0.2, 0) is 73.6 Å². The summed E-state index contributed by atoms with van der Waals surface area (Å²) < 4.78 is 0. The van der Waals surface area contributed by atoms with E-state index in [0.29, 0.717) is 23.1 Å². The van der Waals surface area contributed by atoms with E-state index >= 15 is 0 Å². The number of phenolic OH excluding ortho intramolecular Hbond substituents is 2. The highest BCUT2D eigenvalue weighted by molar-refractivity contribution is 5.98. The molecule has 1 aliphatic heterocycles. The van der Waals surface area contributed by atoms with Gasteiger partial charge in [0.2, 0.25) is 53.2 Å². The van der Waals surface area contributed by atoms with Crippen LogP contribution in [-0.4, -0.2) is 164 Å². The van der Waals surface area contributed by atoms with Gasteiger partial charge in [0.1, 0.15) is 47.8 Å². The lowest BCUT2D eigenvalue weighted by atomic mass is 10.0. The summed E-state index contributed by atoms with van der Waals surface area (Å²) in [7, 11) is 0. The third-order valence-electron chi connectivity index (χ3n) is 13.0. The largest absolute Gasteiger partial charge is 0.508 e. The standard InChI is InChI=1S/C55H68N10O15/c1-31(67)47(55(79)80)64-51(75)41(26-33-11-6-3-7-12-33)62-53(77)44-13-8-24-65(44)54(78)42(28-35-16-20-37(69)21-17-35)63-50(74)40(27-34-14-18-36(68)19-15-34)61-52(76)43(30-66)59-46(71)29-58-49(73)39(22-23-45(57)70)60-48(72)38(56)25-32-9-4-2-5-10-32/h2-7,9-12,14-21,31,38-44,47,66-69H,8,13,22-30,56H2,1H3,(H2,57,70)(H,58,73)(H,59,71)(H,60,72)(H,61,76)(H,62,77)(H,63,74)(H,64,75)(H,79,80)/t31-,38+,39+,40+,41+,42+,43+,44+,47+/m1/s1. The van der Waals surface area contributed by atoms with Crippen LogP contribution in [0.4, 0.5) is 0 Å². The topological polar surface area (TPSA) is 411 Å². The van der Waals surface area contributed by atoms with Crippen LogP contribution in [0, 0.1) is 0 Å². The van der Waals surface area contributed by atoms with E-state index in [1.807, 2.05) is 0 Å². The first-order valence-corrected chi connectivity index (χ1v) is 25.7. The second kappa shape index (κ2) is 30.3. The van der Waals surface area contributed by atoms with E-state index in [4.69, 9.17) is 11.5 Å². The van der Waals surface area contributed by atoms with Crippen molar-refractivity contribution in [3.8, 4) is 11.5 Å². The fourth-order valence-corrected chi connectivity index (χ4v) is 8.69. The van der Waals surface area contributed by atoms with E-state index in [1.54, 1.807) is 60.7 Å². The van der Waals surface area contributed by atoms with Crippen molar-refractivity contribution in [1.82, 2.24) is 42.1 Å². The molecule has 4 aromatic rings. The first-order chi connectivity index (χ1) is 38.1. The lowest BCUT2D eigenvalue weighted by Gasteiger charge is -2.31. The van der Waals surface area contributed by atoms with Crippen LogP contribution in [0.1, 0.15) is 54.9 Å². The third kappa shape index (κ3) is 19.2. The van der Waals surface area contributed by atoms with Crippen LogP contribution < -0.4 is 48.7 Å². The number of likely N-dealkylation sites (tertiary alicyclic amines) is 1. The van der Waals surface area contributed by atoms with Gasteiger partial charge in [0.15, 0.2) is 6.04 Å². The van der Waals surface area contributed by atoms with Gasteiger partial charge in [-0.25, -0.2) is 4.79 Å². The highest BCUT2D eigenvalue weighted by Gasteiger charge is 2.41. The number of carbonyl (C=O) groups excluding carboxylic acids is 9. The van der Waals surface area contributed by atoms with Crippen molar-refractivity contribution in [2.75, 3.05) is 19.7 Å². The number of rotatable bonds is 29. The van der Waals surface area contributed by atoms with Gasteiger partial charge in [0.25, 0.3) is 0 Å². The predicted molar refractivity (Wildman–Crippen MR) is 286 cm³/mol. The number of nitrogens with zero attached hydrogens (tertiary/aromatic N) is 1. The number of hydrogen-bond donors (Lipinski definition) is 14. The molecule has 16 N–H and O–H groups in total. The first-order valence-electron chi connectivity index (χ1n) is 25.7. The number of carboxylic acid groups (broad SMARTS) is 1. The summed E-state index contributed by atoms with van der Waals surface area (Å²) in [5, 5.41) is 67.3. The number of hydrogen-bond acceptors (Lipinski definition) is 15. The van der Waals surface area contributed by atoms with Crippen molar-refractivity contribution in [1.29, 1.82) is 0 Å². The number of aliphatic hydroxyl groups excluding tert-OH is 2. The average molecular weight is 1110 g/mol. The maximum atomic E-state index is 14.8. The quantitative estimate of drug-likeness (QED) is 0.0266. The molecule has 1 aliphatic rings. The van der Waals surface area contributed by atoms with Gasteiger partial charge in [0.05, 0.1) is 25.3 Å². The third-order valence-corrected chi connectivity index (χ3v) is 13.0. The number of carbonyl (C=O) groups is 10. The van der Waals surface area contributed by atoms with Crippen LogP contribution in [0.25, 0.3) is 0 Å². The van der Waals surface area contributed by atoms with Gasteiger partial charge in [-0.3, -0.25) is 43.2 Å². The van der Waals surface area contributed by atoms with E-state index < -0.39 is 127 Å². The summed E-state index contributed by atoms with van der Waals surface area (Å²) in [6, 6.07) is 17.0. The Balaban J connectivity index is 1.33. The molecule has 9 amide bonds. The second-order valence-corrected chi connectivity index (χ2v) is 19.3. The number of amides is 9. The molecule has 0 aliphatic carbocycles. The molecule has 428 valence electrons. The van der Waals surface area contributed by atoms with E-state index in [9.17, 15) is 73.5 Å². The number of aliphatic carboxylic acids is 1. The lowest BCUT2D eigenvalue weighted by molar-refractivity contribution is -0.145. The molecule has 1 fully saturated rings. The van der Waals surface area contributed by atoms with Crippen molar-refractivity contribution < 1.29 is 73.5 Å². The molecule has 1 saturated heterocycles. The zero-order valence-electron chi connectivity index (χ0n) is 43.8. The van der Waals surface area contributed by atoms with Crippen LogP contribution in [0.3, 0.4) is 0 Å². The molecular formula is C55H68N10O15. The molecule has 25 nitrogen and oxygen atoms in total. The summed E-state index contributed by atoms with van der Waals surface area (Å²) in [5.74, 6) is -9.71. The van der Waals surface area contributed by atoms with Crippen molar-refractivity contribution in [3.05, 3.63) is 131 Å². The van der Waals surface area contributed by atoms with Crippen molar-refractivity contribution in [2.45, 2.75) is 113 Å². The van der Waals surface area contributed by atoms with E-state index in [0.717, 1.165) is 5.56 Å². The molecule has 0 aromatic heterocycles. The highest BCUT2D eigenvalue weighted by Crippen LogP contribution is 2.22. The normalized spacial score (nSPS) is 15.9. The zero-order chi connectivity index (χ0) is 58.5. The predicted octanol–water partition coefficient (Wildman–Crippen LogP) is -2.57. The fraction of sp³-hybridized carbons (Fsp3) is 0.382. The van der Waals surface area contributed by atoms with Crippen molar-refractivity contribution in [3.63, 3.8) is 0 Å². The van der Waals surface area contributed by atoms with Crippen LogP contribution in [0.15, 0.2) is 109 Å². The first kappa shape index (κ1) is 61.9. The zero-order valence-corrected chi connectivity index (χ0v) is 43.8. The number of aromatic hydroxyl groups is 2. The number of nitrogens with one attached hydrogen (secondary N) is 7. The molecule has 0 unspecified atom stereocenters. The van der Waals surface area contributed by atoms with E-state index in [1.165, 1.54) is 60.4 Å². The molecule has 5 rings (SSSR count). The summed E-state index contributed by atoms with van der Waals surface area (Å²) in [5.41, 5.74) is 13.6. The minimum absolute atomic E-state index is 0.00905. The van der Waals surface area contributed by atoms with Crippen molar-refractivity contribution in [2.24, 2.45) is 11.5 Å². The van der Waals surface area contributed by atoms with Gasteiger partial charge in [-0.1, -0.05) is 84.9 Å². The number of aliphatic hydroxyl groups is 2. The van der Waals surface area contributed by atoms with Gasteiger partial charge < -0.3 is 79.1 Å². The summed E-state index contributed by atoms with van der Waals surface area (Å²) >= 11 is 0. The monoisotopic (exact) mass is 1110 g/mol. The van der Waals surface area contributed by atoms with Gasteiger partial charge >= 0.3 is 5.97 Å². The molecule has 9 atom stereocenters. The molecule has 0 spiro atoms. The van der Waals surface area contributed by atoms with E-state index in [-0.39, 0.29) is 63.0 Å². The minimum atomic E-state index is -1.75. The minimum Gasteiger partial charge on any atom is -0.508 e. The van der Waals surface area contributed by atoms with E-state index in [2.05, 4.69) is 37.2 Å². The van der Waals surface area contributed by atoms with Crippen molar-refractivity contribution >= 4 is 59.1 Å². The SMILES string of the molecule is C[C@@H](O)[C@H](NC(=O)[C@H](Cc1ccccc1)NC(=O)[C@@H]1CCCN1C(=O)[C@H](Cc1ccc(O)cc1)NC(=O)[C@H](Cc1ccc(O)cc1)NC(=O)[C@H](CO)NC(=O)CNC(=O)[C@H](CCC(N)=O)NC(=O)[C@@H](N)Cc1ccccc1)C(=O)O. The average Bonchev–Trinajstić information content (AvgIpc) is 3.93. The Hall–Kier alpha value is -8.94. The Bertz CT molecular complexity index is 2790. The lowest BCUT2D eigenvalue weighted by Crippen LogP contribution is -2.60. The summed E-state index contributed by atoms with van der Waals surface area (Å²) in [4.78, 5) is 135. The fourth-order valence-electron chi connectivity index (χ4n) is 8.69. The molecule has 0 bridgehead atoms. The van der Waals surface area contributed by atoms with Gasteiger partial charge in [-0.05, 0) is 79.1 Å². The summed E-state index contributed by atoms with van der Waals surface area (Å²) in [6.07, 6.45) is -2.18. The van der Waals surface area contributed by atoms with Crippen LogP contribution in [0.2, 0.25) is 0 Å². The smallest absolute Gasteiger partial charge is 0.328 e. The molecule has 4 aromatic carbocycles. The number of phenols is 2. The Morgan fingerprint density at radius 1 is 0.588 bits per heavy atom. The molecule has 25 heteroatoms. The number of primary amides is 1. The Kier molecular flexibility index (Phi) is 23.4. The molecule has 0 saturated carbocycles. The van der Waals surface area contributed by atoms with Crippen LogP contribution in [0.5, 0.6) is 11.5 Å². The number of benzene rings is 4. The second-order valence-electron chi connectivity index (χ2n) is 19.3.